The predicted octanol–water partition coefficient (Wildman–Crippen LogP) is 1.64. The third kappa shape index (κ3) is 2.41. The number of hydrogen-bond donors (Lipinski definition) is 1. The first-order valence-corrected chi connectivity index (χ1v) is 7.54. The molecule has 8 heteroatoms. The first kappa shape index (κ1) is 13.7. The van der Waals surface area contributed by atoms with E-state index in [9.17, 15) is 4.79 Å². The highest BCUT2D eigenvalue weighted by atomic mass is 16.2. The van der Waals surface area contributed by atoms with Crippen LogP contribution in [0.3, 0.4) is 0 Å². The number of para-hydroxylation sites is 1. The summed E-state index contributed by atoms with van der Waals surface area (Å²) in [4.78, 5) is 18.3. The summed E-state index contributed by atoms with van der Waals surface area (Å²) in [6, 6.07) is 7.89. The van der Waals surface area contributed by atoms with Crippen molar-refractivity contribution >= 4 is 22.8 Å². The van der Waals surface area contributed by atoms with Gasteiger partial charge in [0, 0.05) is 25.5 Å². The van der Waals surface area contributed by atoms with Crippen LogP contribution in [-0.4, -0.2) is 48.6 Å². The summed E-state index contributed by atoms with van der Waals surface area (Å²) in [5.74, 6) is 0.595. The zero-order valence-corrected chi connectivity index (χ0v) is 12.8. The van der Waals surface area contributed by atoms with Crippen LogP contribution in [0.2, 0.25) is 0 Å². The van der Waals surface area contributed by atoms with Crippen molar-refractivity contribution in [2.24, 2.45) is 7.05 Å². The molecule has 3 aromatic rings. The molecular weight excluding hydrogens is 294 g/mol. The Morgan fingerprint density at radius 2 is 2.22 bits per heavy atom. The highest BCUT2D eigenvalue weighted by molar-refractivity contribution is 5.99. The lowest BCUT2D eigenvalue weighted by molar-refractivity contribution is 0.220. The largest absolute Gasteiger partial charge is 0.323 e. The van der Waals surface area contributed by atoms with Crippen LogP contribution < -0.4 is 5.32 Å². The summed E-state index contributed by atoms with van der Waals surface area (Å²) in [5.41, 5.74) is 0.990. The number of carbonyl (C=O) groups excluding carboxylic acids is 1. The van der Waals surface area contributed by atoms with Crippen molar-refractivity contribution in [3.05, 3.63) is 36.9 Å². The number of nitrogens with zero attached hydrogens (tertiary/aromatic N) is 6. The quantitative estimate of drug-likeness (QED) is 0.780. The Kier molecular flexibility index (Phi) is 3.22. The average Bonchev–Trinajstić information content (AvgIpc) is 3.28. The fourth-order valence-corrected chi connectivity index (χ4v) is 3.03. The monoisotopic (exact) mass is 311 g/mol. The van der Waals surface area contributed by atoms with E-state index in [1.165, 1.54) is 6.33 Å². The molecule has 1 atom stereocenters. The van der Waals surface area contributed by atoms with Gasteiger partial charge in [-0.25, -0.2) is 14.5 Å². The Morgan fingerprint density at radius 3 is 3.04 bits per heavy atom. The minimum Gasteiger partial charge on any atom is -0.322 e. The number of carbonyl (C=O) groups is 1. The second-order valence-electron chi connectivity index (χ2n) is 5.68. The van der Waals surface area contributed by atoms with Gasteiger partial charge in [0.2, 0.25) is 0 Å². The lowest BCUT2D eigenvalue weighted by Gasteiger charge is -2.16. The van der Waals surface area contributed by atoms with Gasteiger partial charge in [-0.1, -0.05) is 12.1 Å². The van der Waals surface area contributed by atoms with E-state index in [1.807, 2.05) is 36.0 Å². The zero-order chi connectivity index (χ0) is 15.8. The van der Waals surface area contributed by atoms with E-state index in [1.54, 1.807) is 15.9 Å². The Bertz CT molecular complexity index is 839. The van der Waals surface area contributed by atoms with E-state index < -0.39 is 0 Å². The van der Waals surface area contributed by atoms with Crippen molar-refractivity contribution in [3.8, 4) is 0 Å². The van der Waals surface area contributed by atoms with Gasteiger partial charge in [0.15, 0.2) is 5.82 Å². The van der Waals surface area contributed by atoms with Crippen LogP contribution in [0.15, 0.2) is 36.9 Å². The van der Waals surface area contributed by atoms with Gasteiger partial charge in [0.25, 0.3) is 0 Å². The molecular formula is C15H17N7O. The van der Waals surface area contributed by atoms with Crippen LogP contribution in [0.1, 0.15) is 12.5 Å². The number of aryl methyl sites for hydroxylation is 1. The summed E-state index contributed by atoms with van der Waals surface area (Å²) < 4.78 is 3.58. The minimum absolute atomic E-state index is 0.128. The van der Waals surface area contributed by atoms with E-state index in [0.717, 1.165) is 17.3 Å². The summed E-state index contributed by atoms with van der Waals surface area (Å²) >= 11 is 0. The van der Waals surface area contributed by atoms with Gasteiger partial charge in [0.1, 0.15) is 12.7 Å². The molecule has 2 aromatic heterocycles. The highest BCUT2D eigenvalue weighted by Gasteiger charge is 2.28. The number of benzene rings is 1. The van der Waals surface area contributed by atoms with E-state index in [4.69, 9.17) is 0 Å². The number of likely N-dealkylation sites (tertiary alicyclic amines) is 1. The lowest BCUT2D eigenvalue weighted by Crippen LogP contribution is -2.33. The topological polar surface area (TPSA) is 80.9 Å². The minimum atomic E-state index is -0.128. The molecule has 1 aliphatic heterocycles. The smallest absolute Gasteiger partial charge is 0.322 e. The summed E-state index contributed by atoms with van der Waals surface area (Å²) in [6.45, 7) is 1.32. The fourth-order valence-electron chi connectivity index (χ4n) is 3.03. The van der Waals surface area contributed by atoms with Gasteiger partial charge in [-0.15, -0.1) is 0 Å². The molecule has 0 radical (unpaired) electrons. The van der Waals surface area contributed by atoms with Crippen LogP contribution in [0.4, 0.5) is 10.6 Å². The molecule has 3 heterocycles. The molecule has 0 saturated carbocycles. The summed E-state index contributed by atoms with van der Waals surface area (Å²) in [7, 11) is 1.87. The maximum Gasteiger partial charge on any atom is 0.323 e. The molecule has 1 aliphatic rings. The number of anilines is 1. The lowest BCUT2D eigenvalue weighted by atomic mass is 10.2. The molecule has 118 valence electrons. The standard InChI is InChI=1S/C15H17N7O/c1-20-13-5-3-2-4-12(13)14(19-20)18-15(23)21-7-6-11(8-21)22-10-16-9-17-22/h2-5,9-11H,6-8H2,1H3,(H,18,19,23). The third-order valence-electron chi connectivity index (χ3n) is 4.24. The molecule has 0 aliphatic carbocycles. The van der Waals surface area contributed by atoms with Gasteiger partial charge < -0.3 is 4.90 Å². The first-order chi connectivity index (χ1) is 11.2. The van der Waals surface area contributed by atoms with Gasteiger partial charge in [0.05, 0.1) is 11.6 Å². The van der Waals surface area contributed by atoms with Crippen LogP contribution in [0, 0.1) is 0 Å². The maximum atomic E-state index is 12.5. The highest BCUT2D eigenvalue weighted by Crippen LogP contribution is 2.24. The van der Waals surface area contributed by atoms with Crippen molar-refractivity contribution in [1.82, 2.24) is 29.4 Å². The Balaban J connectivity index is 1.50. The molecule has 4 rings (SSSR count). The Morgan fingerprint density at radius 1 is 1.35 bits per heavy atom. The molecule has 2 amide bonds. The van der Waals surface area contributed by atoms with E-state index in [0.29, 0.717) is 18.9 Å². The van der Waals surface area contributed by atoms with Gasteiger partial charge in [-0.2, -0.15) is 10.2 Å². The fraction of sp³-hybridized carbons (Fsp3) is 0.333. The molecule has 8 nitrogen and oxygen atoms in total. The average molecular weight is 311 g/mol. The summed E-state index contributed by atoms with van der Waals surface area (Å²) in [6.07, 6.45) is 4.08. The van der Waals surface area contributed by atoms with Gasteiger partial charge in [-0.3, -0.25) is 10.00 Å². The molecule has 1 unspecified atom stereocenters. The molecule has 1 fully saturated rings. The normalized spacial score (nSPS) is 17.8. The number of fused-ring (bicyclic) bond motifs is 1. The molecule has 1 saturated heterocycles. The van der Waals surface area contributed by atoms with Gasteiger partial charge in [-0.05, 0) is 18.6 Å². The number of nitrogens with one attached hydrogen (secondary N) is 1. The SMILES string of the molecule is Cn1nc(NC(=O)N2CCC(n3cncn3)C2)c2ccccc21. The number of hydrogen-bond acceptors (Lipinski definition) is 4. The van der Waals surface area contributed by atoms with Crippen LogP contribution in [-0.2, 0) is 7.05 Å². The molecule has 0 bridgehead atoms. The molecule has 23 heavy (non-hydrogen) atoms. The number of urea groups is 1. The Hall–Kier alpha value is -2.90. The van der Waals surface area contributed by atoms with Crippen molar-refractivity contribution < 1.29 is 4.79 Å². The van der Waals surface area contributed by atoms with Crippen molar-refractivity contribution in [1.29, 1.82) is 0 Å². The second-order valence-corrected chi connectivity index (χ2v) is 5.68. The van der Waals surface area contributed by atoms with Crippen LogP contribution in [0.5, 0.6) is 0 Å². The number of amides is 2. The van der Waals surface area contributed by atoms with Crippen LogP contribution in [0.25, 0.3) is 10.9 Å². The third-order valence-corrected chi connectivity index (χ3v) is 4.24. The van der Waals surface area contributed by atoms with E-state index >= 15 is 0 Å². The zero-order valence-electron chi connectivity index (χ0n) is 12.8. The summed E-state index contributed by atoms with van der Waals surface area (Å²) in [5, 5.41) is 12.4. The number of aromatic nitrogens is 5. The predicted molar refractivity (Wildman–Crippen MR) is 85.0 cm³/mol. The molecule has 1 aromatic carbocycles. The van der Waals surface area contributed by atoms with E-state index in [2.05, 4.69) is 20.5 Å². The van der Waals surface area contributed by atoms with E-state index in [-0.39, 0.29) is 12.1 Å². The second kappa shape index (κ2) is 5.38. The maximum absolute atomic E-state index is 12.5. The first-order valence-electron chi connectivity index (χ1n) is 7.54. The van der Waals surface area contributed by atoms with Crippen molar-refractivity contribution in [3.63, 3.8) is 0 Å². The van der Waals surface area contributed by atoms with Crippen LogP contribution >= 0.6 is 0 Å². The van der Waals surface area contributed by atoms with Crippen molar-refractivity contribution in [2.45, 2.75) is 12.5 Å². The Labute approximate surface area is 132 Å². The number of rotatable bonds is 2. The van der Waals surface area contributed by atoms with Crippen molar-refractivity contribution in [2.75, 3.05) is 18.4 Å². The molecule has 0 spiro atoms. The molecule has 1 N–H and O–H groups in total. The van der Waals surface area contributed by atoms with Gasteiger partial charge >= 0.3 is 6.03 Å².